The largest absolute Gasteiger partial charge is 0.352 e. The second kappa shape index (κ2) is 11.2. The van der Waals surface area contributed by atoms with Gasteiger partial charge in [0.05, 0.1) is 23.7 Å². The third-order valence-corrected chi connectivity index (χ3v) is 6.47. The molecule has 2 fully saturated rings. The molecule has 2 saturated carbocycles. The highest BCUT2D eigenvalue weighted by Gasteiger charge is 2.35. The summed E-state index contributed by atoms with van der Waals surface area (Å²) in [6.45, 7) is 4.90. The van der Waals surface area contributed by atoms with Crippen molar-refractivity contribution in [2.75, 3.05) is 6.79 Å². The van der Waals surface area contributed by atoms with E-state index >= 15 is 0 Å². The van der Waals surface area contributed by atoms with Crippen molar-refractivity contribution in [3.63, 3.8) is 0 Å². The summed E-state index contributed by atoms with van der Waals surface area (Å²) >= 11 is 0. The predicted molar refractivity (Wildman–Crippen MR) is 102 cm³/mol. The summed E-state index contributed by atoms with van der Waals surface area (Å²) in [7, 11) is 0. The van der Waals surface area contributed by atoms with Crippen LogP contribution in [0.25, 0.3) is 0 Å². The molecular weight excluding hydrogens is 310 g/mol. The summed E-state index contributed by atoms with van der Waals surface area (Å²) < 4.78 is 12.0. The molecule has 25 heavy (non-hydrogen) atoms. The summed E-state index contributed by atoms with van der Waals surface area (Å²) in [6.07, 6.45) is 17.5. The number of hydrogen-bond donors (Lipinski definition) is 0. The first-order valence-corrected chi connectivity index (χ1v) is 10.9. The van der Waals surface area contributed by atoms with Crippen LogP contribution in [0.5, 0.6) is 0 Å². The van der Waals surface area contributed by atoms with Crippen molar-refractivity contribution >= 4 is 0 Å². The van der Waals surface area contributed by atoms with Gasteiger partial charge in [-0.05, 0) is 63.7 Å². The lowest BCUT2D eigenvalue weighted by Crippen LogP contribution is -2.31. The smallest absolute Gasteiger partial charge is 0.147 e. The topological polar surface area (TPSA) is 42.2 Å². The van der Waals surface area contributed by atoms with E-state index in [1.807, 2.05) is 0 Å². The van der Waals surface area contributed by atoms with E-state index in [0.717, 1.165) is 44.4 Å². The zero-order chi connectivity index (χ0) is 18.0. The Morgan fingerprint density at radius 2 is 1.52 bits per heavy atom. The number of rotatable bonds is 10. The van der Waals surface area contributed by atoms with Crippen molar-refractivity contribution in [1.29, 1.82) is 5.26 Å². The van der Waals surface area contributed by atoms with Crippen LogP contribution < -0.4 is 0 Å². The first-order valence-electron chi connectivity index (χ1n) is 10.9. The number of nitriles is 1. The molecule has 0 heterocycles. The minimum atomic E-state index is -0.0778. The second-order valence-corrected chi connectivity index (χ2v) is 8.43. The molecule has 0 saturated heterocycles. The van der Waals surface area contributed by atoms with E-state index in [2.05, 4.69) is 19.9 Å². The molecule has 0 unspecified atom stereocenters. The van der Waals surface area contributed by atoms with Crippen molar-refractivity contribution in [1.82, 2.24) is 0 Å². The van der Waals surface area contributed by atoms with Gasteiger partial charge in [0.2, 0.25) is 0 Å². The molecule has 3 heteroatoms. The van der Waals surface area contributed by atoms with Crippen molar-refractivity contribution in [3.05, 3.63) is 0 Å². The Kier molecular flexibility index (Phi) is 9.28. The number of hydrogen-bond acceptors (Lipinski definition) is 3. The highest BCUT2D eigenvalue weighted by atomic mass is 16.7. The van der Waals surface area contributed by atoms with Crippen molar-refractivity contribution in [3.8, 4) is 6.07 Å². The van der Waals surface area contributed by atoms with Gasteiger partial charge in [-0.3, -0.25) is 0 Å². The molecule has 0 amide bonds. The van der Waals surface area contributed by atoms with Crippen LogP contribution in [0, 0.1) is 22.7 Å². The van der Waals surface area contributed by atoms with Gasteiger partial charge in [0.25, 0.3) is 0 Å². The first kappa shape index (κ1) is 20.7. The predicted octanol–water partition coefficient (Wildman–Crippen LogP) is 6.37. The minimum Gasteiger partial charge on any atom is -0.352 e. The highest BCUT2D eigenvalue weighted by molar-refractivity contribution is 5.01. The molecule has 0 aromatic heterocycles. The summed E-state index contributed by atoms with van der Waals surface area (Å²) in [5.74, 6) is 0.934. The molecule has 2 aliphatic carbocycles. The molecular formula is C22H39NO2. The minimum absolute atomic E-state index is 0.0778. The summed E-state index contributed by atoms with van der Waals surface area (Å²) in [6, 6.07) is 2.58. The zero-order valence-electron chi connectivity index (χ0n) is 16.6. The van der Waals surface area contributed by atoms with Gasteiger partial charge in [-0.15, -0.1) is 0 Å². The van der Waals surface area contributed by atoms with Crippen LogP contribution in [0.4, 0.5) is 0 Å². The Morgan fingerprint density at radius 3 is 2.08 bits per heavy atom. The van der Waals surface area contributed by atoms with Gasteiger partial charge < -0.3 is 9.47 Å². The van der Waals surface area contributed by atoms with Crippen molar-refractivity contribution in [2.45, 2.75) is 116 Å². The normalized spacial score (nSPS) is 33.1. The van der Waals surface area contributed by atoms with E-state index in [9.17, 15) is 5.26 Å². The van der Waals surface area contributed by atoms with Crippen LogP contribution in [-0.4, -0.2) is 19.0 Å². The maximum absolute atomic E-state index is 9.48. The Labute approximate surface area is 155 Å². The maximum Gasteiger partial charge on any atom is 0.147 e. The van der Waals surface area contributed by atoms with Gasteiger partial charge in [-0.2, -0.15) is 5.26 Å². The maximum atomic E-state index is 9.48. The van der Waals surface area contributed by atoms with Crippen molar-refractivity contribution in [2.24, 2.45) is 11.3 Å². The van der Waals surface area contributed by atoms with Crippen LogP contribution in [0.15, 0.2) is 0 Å². The average molecular weight is 350 g/mol. The van der Waals surface area contributed by atoms with E-state index in [0.29, 0.717) is 19.0 Å². The second-order valence-electron chi connectivity index (χ2n) is 8.43. The standard InChI is InChI=1S/C22H39NO2/c1-3-5-6-7-19-8-10-20(11-9-19)24-18-25-21-12-15-22(17-23,14-4-2)16-13-21/h19-21H,3-16,18H2,1-2H3. The third-order valence-electron chi connectivity index (χ3n) is 6.47. The van der Waals surface area contributed by atoms with Gasteiger partial charge in [-0.1, -0.05) is 46.0 Å². The Balaban J connectivity index is 1.55. The molecule has 0 aromatic rings. The molecule has 144 valence electrons. The van der Waals surface area contributed by atoms with Crippen LogP contribution in [-0.2, 0) is 9.47 Å². The van der Waals surface area contributed by atoms with Crippen LogP contribution in [0.2, 0.25) is 0 Å². The molecule has 0 atom stereocenters. The van der Waals surface area contributed by atoms with Gasteiger partial charge in [0, 0.05) is 0 Å². The summed E-state index contributed by atoms with van der Waals surface area (Å²) in [5.41, 5.74) is -0.0778. The molecule has 2 aliphatic rings. The molecule has 0 bridgehead atoms. The fraction of sp³-hybridized carbons (Fsp3) is 0.955. The molecule has 0 aromatic carbocycles. The fourth-order valence-corrected chi connectivity index (χ4v) is 4.71. The highest BCUT2D eigenvalue weighted by Crippen LogP contribution is 2.40. The van der Waals surface area contributed by atoms with Crippen LogP contribution >= 0.6 is 0 Å². The summed E-state index contributed by atoms with van der Waals surface area (Å²) in [4.78, 5) is 0. The number of nitrogens with zero attached hydrogens (tertiary/aromatic N) is 1. The quantitative estimate of drug-likeness (QED) is 0.340. The number of unbranched alkanes of at least 4 members (excludes halogenated alkanes) is 2. The Morgan fingerprint density at radius 1 is 0.880 bits per heavy atom. The summed E-state index contributed by atoms with van der Waals surface area (Å²) in [5, 5.41) is 9.48. The molecule has 0 spiro atoms. The number of ether oxygens (including phenoxy) is 2. The van der Waals surface area contributed by atoms with E-state index in [4.69, 9.17) is 9.47 Å². The van der Waals surface area contributed by atoms with E-state index < -0.39 is 0 Å². The van der Waals surface area contributed by atoms with Gasteiger partial charge >= 0.3 is 0 Å². The SMILES string of the molecule is CCCCCC1CCC(OCOC2CCC(C#N)(CCC)CC2)CC1. The first-order chi connectivity index (χ1) is 12.2. The molecule has 0 radical (unpaired) electrons. The average Bonchev–Trinajstić information content (AvgIpc) is 2.65. The molecule has 0 N–H and O–H groups in total. The third kappa shape index (κ3) is 6.91. The molecule has 2 rings (SSSR count). The van der Waals surface area contributed by atoms with Crippen LogP contribution in [0.1, 0.15) is 104 Å². The van der Waals surface area contributed by atoms with Crippen LogP contribution in [0.3, 0.4) is 0 Å². The lowest BCUT2D eigenvalue weighted by molar-refractivity contribution is -0.137. The van der Waals surface area contributed by atoms with E-state index in [1.165, 1.54) is 51.4 Å². The van der Waals surface area contributed by atoms with Crippen molar-refractivity contribution < 1.29 is 9.47 Å². The Bertz CT molecular complexity index is 387. The molecule has 3 nitrogen and oxygen atoms in total. The van der Waals surface area contributed by atoms with Gasteiger partial charge in [0.15, 0.2) is 0 Å². The van der Waals surface area contributed by atoms with E-state index in [-0.39, 0.29) is 5.41 Å². The lowest BCUT2D eigenvalue weighted by atomic mass is 9.71. The van der Waals surface area contributed by atoms with E-state index in [1.54, 1.807) is 0 Å². The zero-order valence-corrected chi connectivity index (χ0v) is 16.6. The monoisotopic (exact) mass is 349 g/mol. The lowest BCUT2D eigenvalue weighted by Gasteiger charge is -2.35. The Hall–Kier alpha value is -0.590. The fourth-order valence-electron chi connectivity index (χ4n) is 4.71. The van der Waals surface area contributed by atoms with Gasteiger partial charge in [-0.25, -0.2) is 0 Å². The molecule has 0 aliphatic heterocycles. The van der Waals surface area contributed by atoms with Gasteiger partial charge in [0.1, 0.15) is 6.79 Å².